The summed E-state index contributed by atoms with van der Waals surface area (Å²) in [7, 11) is 0. The van der Waals surface area contributed by atoms with E-state index in [0.29, 0.717) is 6.04 Å². The third kappa shape index (κ3) is 1.76. The summed E-state index contributed by atoms with van der Waals surface area (Å²) in [5.41, 5.74) is 1.72. The van der Waals surface area contributed by atoms with Gasteiger partial charge in [0.25, 0.3) is 5.91 Å². The predicted octanol–water partition coefficient (Wildman–Crippen LogP) is 3.09. The third-order valence-corrected chi connectivity index (χ3v) is 4.89. The van der Waals surface area contributed by atoms with Crippen molar-refractivity contribution in [3.63, 3.8) is 0 Å². The van der Waals surface area contributed by atoms with E-state index in [9.17, 15) is 4.79 Å². The normalized spacial score (nSPS) is 28.9. The number of aromatic nitrogens is 1. The van der Waals surface area contributed by atoms with E-state index in [2.05, 4.69) is 10.3 Å². The molecule has 2 aromatic rings. The maximum atomic E-state index is 12.5. The smallest absolute Gasteiger partial charge is 0.253 e. The topological polar surface area (TPSA) is 44.9 Å². The SMILES string of the molecule is O=C(NC1CC2CCC1C2)c1cccc2cc[nH]c12. The molecule has 19 heavy (non-hydrogen) atoms. The zero-order chi connectivity index (χ0) is 12.8. The van der Waals surface area contributed by atoms with Crippen molar-refractivity contribution in [2.45, 2.75) is 31.7 Å². The van der Waals surface area contributed by atoms with Crippen LogP contribution in [0.5, 0.6) is 0 Å². The molecule has 2 aliphatic carbocycles. The average Bonchev–Trinajstić information content (AvgIpc) is 3.13. The molecule has 3 heteroatoms. The summed E-state index contributed by atoms with van der Waals surface area (Å²) in [6, 6.07) is 8.29. The maximum absolute atomic E-state index is 12.5. The lowest BCUT2D eigenvalue weighted by molar-refractivity contribution is 0.0924. The van der Waals surface area contributed by atoms with E-state index >= 15 is 0 Å². The number of hydrogen-bond acceptors (Lipinski definition) is 1. The maximum Gasteiger partial charge on any atom is 0.253 e. The highest BCUT2D eigenvalue weighted by atomic mass is 16.1. The fraction of sp³-hybridized carbons (Fsp3) is 0.438. The largest absolute Gasteiger partial charge is 0.361 e. The second-order valence-corrected chi connectivity index (χ2v) is 6.00. The molecule has 2 bridgehead atoms. The standard InChI is InChI=1S/C16H18N2O/c19-16(18-14-9-10-4-5-12(14)8-10)13-3-1-2-11-6-7-17-15(11)13/h1-3,6-7,10,12,14,17H,4-5,8-9H2,(H,18,19). The molecule has 3 atom stereocenters. The molecule has 0 aliphatic heterocycles. The van der Waals surface area contributed by atoms with Crippen molar-refractivity contribution in [3.05, 3.63) is 36.0 Å². The molecular formula is C16H18N2O. The Hall–Kier alpha value is -1.77. The molecule has 1 aromatic carbocycles. The summed E-state index contributed by atoms with van der Waals surface area (Å²) in [5.74, 6) is 1.65. The fourth-order valence-electron chi connectivity index (χ4n) is 3.94. The number of H-pyrrole nitrogens is 1. The zero-order valence-electron chi connectivity index (χ0n) is 10.9. The molecule has 0 saturated heterocycles. The van der Waals surface area contributed by atoms with Crippen molar-refractivity contribution in [1.29, 1.82) is 0 Å². The van der Waals surface area contributed by atoms with Crippen molar-refractivity contribution in [2.24, 2.45) is 11.8 Å². The number of amides is 1. The summed E-state index contributed by atoms with van der Waals surface area (Å²) in [6.45, 7) is 0. The predicted molar refractivity (Wildman–Crippen MR) is 75.0 cm³/mol. The van der Waals surface area contributed by atoms with Gasteiger partial charge in [-0.2, -0.15) is 0 Å². The minimum absolute atomic E-state index is 0.0746. The van der Waals surface area contributed by atoms with Crippen LogP contribution < -0.4 is 5.32 Å². The van der Waals surface area contributed by atoms with Gasteiger partial charge in [0.05, 0.1) is 11.1 Å². The number of fused-ring (bicyclic) bond motifs is 3. The first-order valence-electron chi connectivity index (χ1n) is 7.18. The molecule has 2 aliphatic rings. The second kappa shape index (κ2) is 4.12. The Morgan fingerprint density at radius 3 is 2.95 bits per heavy atom. The molecule has 0 spiro atoms. The lowest BCUT2D eigenvalue weighted by atomic mass is 9.95. The van der Waals surface area contributed by atoms with Crippen LogP contribution in [0.15, 0.2) is 30.5 Å². The Morgan fingerprint density at radius 1 is 1.21 bits per heavy atom. The number of hydrogen-bond donors (Lipinski definition) is 2. The van der Waals surface area contributed by atoms with Crippen LogP contribution in [-0.4, -0.2) is 16.9 Å². The molecule has 1 heterocycles. The first-order valence-corrected chi connectivity index (χ1v) is 7.18. The van der Waals surface area contributed by atoms with E-state index in [0.717, 1.165) is 28.3 Å². The summed E-state index contributed by atoms with van der Waals surface area (Å²) in [5, 5.41) is 4.35. The molecule has 1 amide bonds. The molecule has 98 valence electrons. The van der Waals surface area contributed by atoms with Crippen LogP contribution in [0.4, 0.5) is 0 Å². The highest BCUT2D eigenvalue weighted by Gasteiger charge is 2.40. The van der Waals surface area contributed by atoms with Crippen LogP contribution in [0.1, 0.15) is 36.0 Å². The van der Waals surface area contributed by atoms with E-state index in [1.807, 2.05) is 30.5 Å². The van der Waals surface area contributed by atoms with Crippen molar-refractivity contribution in [1.82, 2.24) is 10.3 Å². The van der Waals surface area contributed by atoms with Crippen LogP contribution >= 0.6 is 0 Å². The second-order valence-electron chi connectivity index (χ2n) is 6.00. The van der Waals surface area contributed by atoms with Gasteiger partial charge in [0, 0.05) is 17.6 Å². The van der Waals surface area contributed by atoms with Gasteiger partial charge < -0.3 is 10.3 Å². The highest BCUT2D eigenvalue weighted by molar-refractivity contribution is 6.05. The minimum Gasteiger partial charge on any atom is -0.361 e. The van der Waals surface area contributed by atoms with Gasteiger partial charge in [-0.1, -0.05) is 18.6 Å². The van der Waals surface area contributed by atoms with E-state index in [4.69, 9.17) is 0 Å². The van der Waals surface area contributed by atoms with Crippen molar-refractivity contribution in [2.75, 3.05) is 0 Å². The van der Waals surface area contributed by atoms with E-state index in [1.54, 1.807) is 0 Å². The Labute approximate surface area is 112 Å². The number of benzene rings is 1. The van der Waals surface area contributed by atoms with E-state index in [1.165, 1.54) is 25.7 Å². The van der Waals surface area contributed by atoms with E-state index < -0.39 is 0 Å². The summed E-state index contributed by atoms with van der Waals surface area (Å²) >= 11 is 0. The van der Waals surface area contributed by atoms with Crippen LogP contribution in [0.25, 0.3) is 10.9 Å². The van der Waals surface area contributed by atoms with Crippen LogP contribution in [0, 0.1) is 11.8 Å². The molecule has 2 saturated carbocycles. The van der Waals surface area contributed by atoms with Gasteiger partial charge >= 0.3 is 0 Å². The lowest BCUT2D eigenvalue weighted by Gasteiger charge is -2.23. The molecule has 4 rings (SSSR count). The Bertz CT molecular complexity index is 630. The third-order valence-electron chi connectivity index (χ3n) is 4.89. The van der Waals surface area contributed by atoms with E-state index in [-0.39, 0.29) is 5.91 Å². The van der Waals surface area contributed by atoms with Gasteiger partial charge in [0.2, 0.25) is 0 Å². The number of rotatable bonds is 2. The molecule has 3 nitrogen and oxygen atoms in total. The molecule has 1 aromatic heterocycles. The Morgan fingerprint density at radius 2 is 2.16 bits per heavy atom. The molecule has 2 fully saturated rings. The lowest BCUT2D eigenvalue weighted by Crippen LogP contribution is -2.38. The van der Waals surface area contributed by atoms with Crippen molar-refractivity contribution < 1.29 is 4.79 Å². The van der Waals surface area contributed by atoms with Crippen LogP contribution in [0.2, 0.25) is 0 Å². The first-order chi connectivity index (χ1) is 9.31. The van der Waals surface area contributed by atoms with Gasteiger partial charge in [0.1, 0.15) is 0 Å². The van der Waals surface area contributed by atoms with Crippen molar-refractivity contribution >= 4 is 16.8 Å². The monoisotopic (exact) mass is 254 g/mol. The summed E-state index contributed by atoms with van der Waals surface area (Å²) in [6.07, 6.45) is 7.04. The fourth-order valence-corrected chi connectivity index (χ4v) is 3.94. The van der Waals surface area contributed by atoms with Crippen LogP contribution in [0.3, 0.4) is 0 Å². The zero-order valence-corrected chi connectivity index (χ0v) is 10.9. The van der Waals surface area contributed by atoms with Crippen LogP contribution in [-0.2, 0) is 0 Å². The quantitative estimate of drug-likeness (QED) is 0.850. The average molecular weight is 254 g/mol. The number of carbonyl (C=O) groups is 1. The Balaban J connectivity index is 1.59. The summed E-state index contributed by atoms with van der Waals surface area (Å²) < 4.78 is 0. The minimum atomic E-state index is 0.0746. The number of nitrogens with one attached hydrogen (secondary N) is 2. The highest BCUT2D eigenvalue weighted by Crippen LogP contribution is 2.44. The van der Waals surface area contributed by atoms with Gasteiger partial charge in [-0.05, 0) is 43.2 Å². The summed E-state index contributed by atoms with van der Waals surface area (Å²) in [4.78, 5) is 15.6. The number of carbonyl (C=O) groups excluding carboxylic acids is 1. The van der Waals surface area contributed by atoms with Gasteiger partial charge in [-0.25, -0.2) is 0 Å². The number of aromatic amines is 1. The number of para-hydroxylation sites is 1. The molecule has 3 unspecified atom stereocenters. The molecule has 0 radical (unpaired) electrons. The van der Waals surface area contributed by atoms with Crippen molar-refractivity contribution in [3.8, 4) is 0 Å². The van der Waals surface area contributed by atoms with Gasteiger partial charge in [0.15, 0.2) is 0 Å². The molecular weight excluding hydrogens is 236 g/mol. The molecule has 2 N–H and O–H groups in total. The Kier molecular flexibility index (Phi) is 2.40. The first kappa shape index (κ1) is 11.1. The van der Waals surface area contributed by atoms with Gasteiger partial charge in [-0.15, -0.1) is 0 Å². The van der Waals surface area contributed by atoms with Gasteiger partial charge in [-0.3, -0.25) is 4.79 Å².